The Morgan fingerprint density at radius 1 is 0.348 bits per heavy atom. The lowest BCUT2D eigenvalue weighted by molar-refractivity contribution is 1.24. The number of benzene rings is 4. The molecule has 8 bridgehead atoms. The molecule has 2 N–H and O–H groups in total. The number of hydrogen-bond donors (Lipinski definition) is 2. The fraction of sp³-hybridized carbons (Fsp3) is 0.238. The van der Waals surface area contributed by atoms with Crippen LogP contribution in [0.1, 0.15) is 84.0 Å². The number of nitrogens with zero attached hydrogens (tertiary/aromatic N) is 2. The normalized spacial score (nSPS) is 12.2. The van der Waals surface area contributed by atoms with Crippen LogP contribution in [-0.4, -0.2) is 36.1 Å². The number of aromatic nitrogens is 4. The minimum absolute atomic E-state index is 0.891. The van der Waals surface area contributed by atoms with Gasteiger partial charge in [-0.3, -0.25) is 0 Å². The fourth-order valence-corrected chi connectivity index (χ4v) is 11.5. The molecule has 9 rings (SSSR count). The highest BCUT2D eigenvalue weighted by Crippen LogP contribution is 2.43. The molecule has 5 heterocycles. The average Bonchev–Trinajstić information content (AvgIpc) is 4.09. The number of aryl methyl sites for hydroxylation is 9. The third kappa shape index (κ3) is 9.32. The molecule has 69 heavy (non-hydrogen) atoms. The Morgan fingerprint density at radius 2 is 0.638 bits per heavy atom. The molecule has 0 fully saturated rings. The van der Waals surface area contributed by atoms with Crippen LogP contribution in [0.4, 0.5) is 0 Å². The molecule has 0 aliphatic carbocycles. The van der Waals surface area contributed by atoms with E-state index in [0.29, 0.717) is 0 Å². The second kappa shape index (κ2) is 17.8. The minimum atomic E-state index is -1.78. The number of aromatic amines is 2. The van der Waals surface area contributed by atoms with Gasteiger partial charge in [-0.1, -0.05) is 110 Å². The summed E-state index contributed by atoms with van der Waals surface area (Å²) in [7, 11) is -3.57. The second-order valence-electron chi connectivity index (χ2n) is 21.6. The Balaban J connectivity index is 1.56. The van der Waals surface area contributed by atoms with Crippen molar-refractivity contribution in [3.8, 4) is 67.4 Å². The van der Waals surface area contributed by atoms with Gasteiger partial charge in [-0.15, -0.1) is 11.1 Å². The van der Waals surface area contributed by atoms with E-state index in [1.165, 1.54) is 61.2 Å². The van der Waals surface area contributed by atoms with E-state index >= 15 is 0 Å². The van der Waals surface area contributed by atoms with E-state index in [-0.39, 0.29) is 0 Å². The van der Waals surface area contributed by atoms with E-state index < -0.39 is 16.1 Å². The lowest BCUT2D eigenvalue weighted by Gasteiger charge is -2.15. The van der Waals surface area contributed by atoms with Gasteiger partial charge in [0.1, 0.15) is 16.1 Å². The molecule has 3 aromatic heterocycles. The van der Waals surface area contributed by atoms with Gasteiger partial charge in [0.05, 0.1) is 22.8 Å². The highest BCUT2D eigenvalue weighted by atomic mass is 28.3. The molecule has 344 valence electrons. The molecule has 0 unspecified atom stereocenters. The van der Waals surface area contributed by atoms with Crippen LogP contribution in [0, 0.1) is 85.2 Å². The predicted molar refractivity (Wildman–Crippen MR) is 304 cm³/mol. The highest BCUT2D eigenvalue weighted by Gasteiger charge is 2.24. The topological polar surface area (TPSA) is 57.4 Å². The molecule has 0 spiro atoms. The maximum absolute atomic E-state index is 5.68. The average molecular weight is 933 g/mol. The van der Waals surface area contributed by atoms with Crippen molar-refractivity contribution >= 4 is 62.5 Å². The molecule has 0 saturated carbocycles. The Labute approximate surface area is 412 Å². The summed E-state index contributed by atoms with van der Waals surface area (Å²) in [5.74, 6) is 7.44. The number of fused-ring (bicyclic) bond motifs is 8. The van der Waals surface area contributed by atoms with E-state index in [1.54, 1.807) is 0 Å². The highest BCUT2D eigenvalue weighted by molar-refractivity contribution is 6.84. The first-order chi connectivity index (χ1) is 32.6. The fourth-order valence-electron chi connectivity index (χ4n) is 10.5. The minimum Gasteiger partial charge on any atom is -0.354 e. The van der Waals surface area contributed by atoms with Gasteiger partial charge in [0, 0.05) is 61.0 Å². The van der Waals surface area contributed by atoms with E-state index in [9.17, 15) is 0 Å². The van der Waals surface area contributed by atoms with Crippen LogP contribution >= 0.6 is 0 Å². The summed E-state index contributed by atoms with van der Waals surface area (Å²) in [6, 6.07) is 29.1. The van der Waals surface area contributed by atoms with Gasteiger partial charge in [-0.2, -0.15) is 0 Å². The number of hydrogen-bond acceptors (Lipinski definition) is 2. The molecule has 2 aliphatic rings. The summed E-state index contributed by atoms with van der Waals surface area (Å²) in [4.78, 5) is 19.5. The van der Waals surface area contributed by atoms with Gasteiger partial charge in [0.25, 0.3) is 0 Å². The zero-order valence-electron chi connectivity index (χ0n) is 43.2. The Kier molecular flexibility index (Phi) is 12.2. The van der Waals surface area contributed by atoms with Crippen molar-refractivity contribution in [2.75, 3.05) is 0 Å². The second-order valence-corrected chi connectivity index (χ2v) is 31.1. The summed E-state index contributed by atoms with van der Waals surface area (Å²) >= 11 is 0. The third-order valence-corrected chi connectivity index (χ3v) is 14.7. The quantitative estimate of drug-likeness (QED) is 0.136. The van der Waals surface area contributed by atoms with Crippen LogP contribution in [0.15, 0.2) is 78.9 Å². The molecular formula is C63H64N4Si2. The van der Waals surface area contributed by atoms with E-state index in [4.69, 9.17) is 9.97 Å². The molecular weight excluding hydrogens is 869 g/mol. The molecule has 4 aromatic carbocycles. The Hall–Kier alpha value is -6.97. The predicted octanol–water partition coefficient (Wildman–Crippen LogP) is 16.6. The van der Waals surface area contributed by atoms with Crippen molar-refractivity contribution in [3.05, 3.63) is 163 Å². The van der Waals surface area contributed by atoms with Gasteiger partial charge in [-0.05, 0) is 173 Å². The van der Waals surface area contributed by atoms with Crippen molar-refractivity contribution < 1.29 is 0 Å². The zero-order chi connectivity index (χ0) is 49.3. The Morgan fingerprint density at radius 3 is 0.957 bits per heavy atom. The van der Waals surface area contributed by atoms with Crippen LogP contribution in [0.25, 0.3) is 90.9 Å². The van der Waals surface area contributed by atoms with Crippen molar-refractivity contribution in [3.63, 3.8) is 0 Å². The molecule has 7 aromatic rings. The number of nitrogens with one attached hydrogen (secondary N) is 2. The smallest absolute Gasteiger partial charge is 0.129 e. The summed E-state index contributed by atoms with van der Waals surface area (Å²) in [5.41, 5.74) is 36.5. The lowest BCUT2D eigenvalue weighted by Crippen LogP contribution is -2.16. The van der Waals surface area contributed by atoms with E-state index in [0.717, 1.165) is 89.4 Å². The maximum Gasteiger partial charge on any atom is 0.129 e. The van der Waals surface area contributed by atoms with Gasteiger partial charge in [-0.25, -0.2) is 9.97 Å². The van der Waals surface area contributed by atoms with Crippen LogP contribution in [0.3, 0.4) is 0 Å². The summed E-state index contributed by atoms with van der Waals surface area (Å²) in [5, 5.41) is 0. The molecule has 6 heteroatoms. The van der Waals surface area contributed by atoms with Crippen LogP contribution in [0.5, 0.6) is 0 Å². The zero-order valence-corrected chi connectivity index (χ0v) is 45.2. The van der Waals surface area contributed by atoms with Crippen molar-refractivity contribution in [2.45, 2.75) is 102 Å². The first-order valence-electron chi connectivity index (χ1n) is 24.2. The van der Waals surface area contributed by atoms with Crippen molar-refractivity contribution in [1.29, 1.82) is 0 Å². The number of rotatable bonds is 4. The van der Waals surface area contributed by atoms with Crippen LogP contribution in [-0.2, 0) is 0 Å². The summed E-state index contributed by atoms with van der Waals surface area (Å²) in [6.45, 7) is 33.7. The maximum atomic E-state index is 5.68. The third-order valence-electron chi connectivity index (χ3n) is 13.0. The molecule has 0 atom stereocenters. The molecule has 0 radical (unpaired) electrons. The summed E-state index contributed by atoms with van der Waals surface area (Å²) < 4.78 is 0. The molecule has 0 amide bonds. The van der Waals surface area contributed by atoms with E-state index in [1.807, 2.05) is 0 Å². The van der Waals surface area contributed by atoms with E-state index in [2.05, 4.69) is 238 Å². The number of H-pyrrole nitrogens is 2. The van der Waals surface area contributed by atoms with Gasteiger partial charge >= 0.3 is 0 Å². The monoisotopic (exact) mass is 932 g/mol. The van der Waals surface area contributed by atoms with Crippen LogP contribution < -0.4 is 0 Å². The molecule has 4 nitrogen and oxygen atoms in total. The van der Waals surface area contributed by atoms with Gasteiger partial charge in [0.2, 0.25) is 0 Å². The van der Waals surface area contributed by atoms with Gasteiger partial charge in [0.15, 0.2) is 0 Å². The first kappa shape index (κ1) is 47.1. The lowest BCUT2D eigenvalue weighted by atomic mass is 9.92. The first-order valence-corrected chi connectivity index (χ1v) is 31.2. The van der Waals surface area contributed by atoms with Gasteiger partial charge < -0.3 is 9.97 Å². The largest absolute Gasteiger partial charge is 0.354 e. The standard InChI is InChI=1S/C63H64N4Si2/c1-37-31-40(4)56(41(5)32-37)60-48-19-21-50(64-48)61(57-42(6)33-38(2)34-43(57)7)52-23-25-54(66-52)63(59-46(27-29-68(10,11)12)17-16-18-47(59)28-30-69(13,14)15)55-26-24-53(67-55)62(51-22-20-49(60)65-51)58-44(8)35-39(3)36-45(58)9/h16-26,31-36,66-67H,1-15H3. The molecule has 2 aliphatic heterocycles. The SMILES string of the molecule is Cc1cc(C)c(-c2c3nc(c(-c4c(C)cc(C)cc4C)c4ccc([nH]4)c(-c4c(C#C[Si](C)(C)C)cccc4C#C[Si](C)(C)C)c4ccc([nH]4)c(-c4c(C)cc(C)cc4C)c4nc2C=C4)C=C3)c(C)c1. The molecule has 0 saturated heterocycles. The van der Waals surface area contributed by atoms with Crippen molar-refractivity contribution in [2.24, 2.45) is 0 Å². The summed E-state index contributed by atoms with van der Waals surface area (Å²) in [6.07, 6.45) is 8.80. The Bertz CT molecular complexity index is 3410. The van der Waals surface area contributed by atoms with Crippen molar-refractivity contribution in [1.82, 2.24) is 19.9 Å². The van der Waals surface area contributed by atoms with Crippen LogP contribution in [0.2, 0.25) is 39.3 Å².